The molecule has 1 N–H and O–H groups in total. The van der Waals surface area contributed by atoms with Gasteiger partial charge in [0.1, 0.15) is 0 Å². The summed E-state index contributed by atoms with van der Waals surface area (Å²) in [7, 11) is 1.18. The SMILES string of the molecule is COC(=O)c1ccc(C2(NC(=O)C(F)(F)C(F)(F)F)CC2)cc1. The van der Waals surface area contributed by atoms with Crippen LogP contribution >= 0.6 is 0 Å². The number of rotatable bonds is 4. The molecule has 0 aliphatic heterocycles. The molecule has 9 heteroatoms. The predicted molar refractivity (Wildman–Crippen MR) is 67.8 cm³/mol. The van der Waals surface area contributed by atoms with Crippen LogP contribution in [0, 0.1) is 0 Å². The first kappa shape index (κ1) is 17.2. The summed E-state index contributed by atoms with van der Waals surface area (Å²) in [4.78, 5) is 22.6. The second kappa shape index (κ2) is 5.47. The highest BCUT2D eigenvalue weighted by Gasteiger charge is 2.65. The first-order valence-electron chi connectivity index (χ1n) is 6.49. The summed E-state index contributed by atoms with van der Waals surface area (Å²) < 4.78 is 67.1. The topological polar surface area (TPSA) is 55.4 Å². The Hall–Kier alpha value is -2.19. The molecule has 1 amide bonds. The average Bonchev–Trinajstić information content (AvgIpc) is 3.26. The predicted octanol–water partition coefficient (Wildman–Crippen LogP) is 2.78. The van der Waals surface area contributed by atoms with Gasteiger partial charge in [0.2, 0.25) is 0 Å². The van der Waals surface area contributed by atoms with Crippen LogP contribution in [0.25, 0.3) is 0 Å². The first-order chi connectivity index (χ1) is 10.5. The zero-order valence-corrected chi connectivity index (χ0v) is 11.8. The molecule has 1 saturated carbocycles. The standard InChI is InChI=1S/C14H12F5NO3/c1-23-10(21)8-2-4-9(5-3-8)12(6-7-12)20-11(22)13(15,16)14(17,18)19/h2-5H,6-7H2,1H3,(H,20,22). The number of ether oxygens (including phenoxy) is 1. The molecule has 0 heterocycles. The molecule has 1 fully saturated rings. The smallest absolute Gasteiger partial charge is 0.463 e. The lowest BCUT2D eigenvalue weighted by molar-refractivity contribution is -0.270. The van der Waals surface area contributed by atoms with Crippen LogP contribution in [0.4, 0.5) is 22.0 Å². The number of methoxy groups -OCH3 is 1. The number of hydrogen-bond donors (Lipinski definition) is 1. The number of carbonyl (C=O) groups excluding carboxylic acids is 2. The van der Waals surface area contributed by atoms with Crippen LogP contribution in [0.1, 0.15) is 28.8 Å². The van der Waals surface area contributed by atoms with E-state index in [0.717, 1.165) is 0 Å². The Morgan fingerprint density at radius 1 is 1.09 bits per heavy atom. The minimum Gasteiger partial charge on any atom is -0.465 e. The molecule has 2 rings (SSSR count). The Labute approximate surface area is 127 Å². The molecule has 1 aliphatic carbocycles. The number of hydrogen-bond acceptors (Lipinski definition) is 3. The molecular weight excluding hydrogens is 325 g/mol. The third kappa shape index (κ3) is 3.13. The summed E-state index contributed by atoms with van der Waals surface area (Å²) in [5.74, 6) is -8.47. The van der Waals surface area contributed by atoms with E-state index >= 15 is 0 Å². The van der Waals surface area contributed by atoms with Crippen LogP contribution in [0.2, 0.25) is 0 Å². The number of amides is 1. The van der Waals surface area contributed by atoms with Gasteiger partial charge in [0.25, 0.3) is 0 Å². The second-order valence-corrected chi connectivity index (χ2v) is 5.18. The summed E-state index contributed by atoms with van der Waals surface area (Å²) in [6.07, 6.45) is -5.50. The van der Waals surface area contributed by atoms with Gasteiger partial charge < -0.3 is 10.1 Å². The zero-order valence-electron chi connectivity index (χ0n) is 11.8. The molecule has 0 atom stereocenters. The van der Waals surface area contributed by atoms with Gasteiger partial charge in [0.05, 0.1) is 18.2 Å². The average molecular weight is 337 g/mol. The molecule has 126 valence electrons. The van der Waals surface area contributed by atoms with Crippen molar-refractivity contribution in [3.05, 3.63) is 35.4 Å². The van der Waals surface area contributed by atoms with Gasteiger partial charge in [0, 0.05) is 0 Å². The first-order valence-corrected chi connectivity index (χ1v) is 6.49. The maximum atomic E-state index is 13.0. The highest BCUT2D eigenvalue weighted by molar-refractivity contribution is 5.89. The Morgan fingerprint density at radius 3 is 2.00 bits per heavy atom. The van der Waals surface area contributed by atoms with E-state index in [2.05, 4.69) is 4.74 Å². The van der Waals surface area contributed by atoms with Gasteiger partial charge in [-0.3, -0.25) is 4.79 Å². The fraction of sp³-hybridized carbons (Fsp3) is 0.429. The van der Waals surface area contributed by atoms with Gasteiger partial charge in [0.15, 0.2) is 0 Å². The van der Waals surface area contributed by atoms with Crippen molar-refractivity contribution in [1.29, 1.82) is 0 Å². The second-order valence-electron chi connectivity index (χ2n) is 5.18. The van der Waals surface area contributed by atoms with Crippen molar-refractivity contribution in [3.63, 3.8) is 0 Å². The minimum atomic E-state index is -5.96. The van der Waals surface area contributed by atoms with Crippen molar-refractivity contribution in [1.82, 2.24) is 5.32 Å². The van der Waals surface area contributed by atoms with E-state index in [-0.39, 0.29) is 18.4 Å². The molecular formula is C14H12F5NO3. The number of carbonyl (C=O) groups is 2. The van der Waals surface area contributed by atoms with Gasteiger partial charge >= 0.3 is 24.0 Å². The molecule has 23 heavy (non-hydrogen) atoms. The van der Waals surface area contributed by atoms with E-state index < -0.39 is 29.5 Å². The van der Waals surface area contributed by atoms with Crippen molar-refractivity contribution >= 4 is 11.9 Å². The van der Waals surface area contributed by atoms with E-state index in [9.17, 15) is 31.5 Å². The molecule has 0 saturated heterocycles. The Morgan fingerprint density at radius 2 is 1.61 bits per heavy atom. The van der Waals surface area contributed by atoms with Crippen molar-refractivity contribution in [2.45, 2.75) is 30.5 Å². The monoisotopic (exact) mass is 337 g/mol. The lowest BCUT2D eigenvalue weighted by atomic mass is 10.0. The molecule has 0 unspecified atom stereocenters. The third-order valence-electron chi connectivity index (χ3n) is 3.60. The molecule has 0 spiro atoms. The van der Waals surface area contributed by atoms with E-state index in [1.54, 1.807) is 5.32 Å². The van der Waals surface area contributed by atoms with Crippen molar-refractivity contribution in [3.8, 4) is 0 Å². The normalized spacial score (nSPS) is 16.6. The summed E-state index contributed by atoms with van der Waals surface area (Å²) in [6.45, 7) is 0. The minimum absolute atomic E-state index is 0.194. The highest BCUT2D eigenvalue weighted by atomic mass is 19.4. The number of benzene rings is 1. The molecule has 0 aromatic heterocycles. The lowest BCUT2D eigenvalue weighted by Gasteiger charge is -2.23. The van der Waals surface area contributed by atoms with E-state index in [4.69, 9.17) is 0 Å². The largest absolute Gasteiger partial charge is 0.465 e. The Kier molecular flexibility index (Phi) is 4.08. The van der Waals surface area contributed by atoms with Crippen LogP contribution in [0.15, 0.2) is 24.3 Å². The molecule has 4 nitrogen and oxygen atoms in total. The van der Waals surface area contributed by atoms with Crippen LogP contribution in [-0.2, 0) is 15.1 Å². The zero-order chi connectivity index (χ0) is 17.5. The van der Waals surface area contributed by atoms with Gasteiger partial charge in [-0.25, -0.2) is 4.79 Å². The highest BCUT2D eigenvalue weighted by Crippen LogP contribution is 2.47. The van der Waals surface area contributed by atoms with Crippen LogP contribution in [0.5, 0.6) is 0 Å². The lowest BCUT2D eigenvalue weighted by Crippen LogP contribution is -2.53. The summed E-state index contributed by atoms with van der Waals surface area (Å²) in [6, 6.07) is 5.45. The molecule has 1 aromatic carbocycles. The van der Waals surface area contributed by atoms with Gasteiger partial charge in [-0.2, -0.15) is 22.0 Å². The van der Waals surface area contributed by atoms with Gasteiger partial charge in [-0.05, 0) is 30.5 Å². The maximum Gasteiger partial charge on any atom is 0.463 e. The van der Waals surface area contributed by atoms with Gasteiger partial charge in [-0.15, -0.1) is 0 Å². The summed E-state index contributed by atoms with van der Waals surface area (Å²) in [5.41, 5.74) is -0.726. The molecule has 1 aromatic rings. The van der Waals surface area contributed by atoms with E-state index in [1.165, 1.54) is 31.4 Å². The van der Waals surface area contributed by atoms with E-state index in [1.807, 2.05) is 0 Å². The van der Waals surface area contributed by atoms with Crippen LogP contribution in [0.3, 0.4) is 0 Å². The summed E-state index contributed by atoms with van der Waals surface area (Å²) >= 11 is 0. The third-order valence-corrected chi connectivity index (χ3v) is 3.60. The quantitative estimate of drug-likeness (QED) is 0.679. The number of halogens is 5. The summed E-state index contributed by atoms with van der Waals surface area (Å²) in [5, 5.41) is 1.77. The molecule has 0 bridgehead atoms. The van der Waals surface area contributed by atoms with Crippen molar-refractivity contribution < 1.29 is 36.3 Å². The Balaban J connectivity index is 2.17. The van der Waals surface area contributed by atoms with Crippen molar-refractivity contribution in [2.75, 3.05) is 7.11 Å². The fourth-order valence-electron chi connectivity index (χ4n) is 2.08. The fourth-order valence-corrected chi connectivity index (χ4v) is 2.08. The number of esters is 1. The van der Waals surface area contributed by atoms with Gasteiger partial charge in [-0.1, -0.05) is 12.1 Å². The van der Waals surface area contributed by atoms with Crippen molar-refractivity contribution in [2.24, 2.45) is 0 Å². The number of alkyl halides is 5. The van der Waals surface area contributed by atoms with Crippen LogP contribution < -0.4 is 5.32 Å². The molecule has 1 aliphatic rings. The maximum absolute atomic E-state index is 13.0. The number of nitrogens with one attached hydrogen (secondary N) is 1. The molecule has 0 radical (unpaired) electrons. The van der Waals surface area contributed by atoms with Crippen LogP contribution in [-0.4, -0.2) is 31.1 Å². The Bertz CT molecular complexity index is 620. The van der Waals surface area contributed by atoms with E-state index in [0.29, 0.717) is 5.56 Å².